The Morgan fingerprint density at radius 3 is 1.50 bits per heavy atom. The molecule has 0 aliphatic heterocycles. The van der Waals surface area contributed by atoms with Gasteiger partial charge in [-0.15, -0.1) is 0 Å². The molecule has 0 saturated carbocycles. The average molecular weight is 598 g/mol. The van der Waals surface area contributed by atoms with E-state index in [-0.39, 0.29) is 17.2 Å². The van der Waals surface area contributed by atoms with Gasteiger partial charge in [0, 0.05) is 24.0 Å². The molecule has 3 aromatic rings. The highest BCUT2D eigenvalue weighted by Crippen LogP contribution is 2.47. The molecule has 230 valence electrons. The summed E-state index contributed by atoms with van der Waals surface area (Å²) in [7, 11) is 0. The summed E-state index contributed by atoms with van der Waals surface area (Å²) in [6, 6.07) is 22.7. The molecule has 3 aromatic carbocycles. The number of carbonyl (C=O) groups excluding carboxylic acids is 2. The van der Waals surface area contributed by atoms with Crippen molar-refractivity contribution >= 4 is 17.6 Å². The Morgan fingerprint density at radius 1 is 0.727 bits per heavy atom. The van der Waals surface area contributed by atoms with Gasteiger partial charge in [-0.3, -0.25) is 19.7 Å². The van der Waals surface area contributed by atoms with Gasteiger partial charge in [-0.2, -0.15) is 0 Å². The molecule has 1 aliphatic rings. The molecule has 8 heteroatoms. The number of para-hydroxylation sites is 2. The van der Waals surface area contributed by atoms with Gasteiger partial charge < -0.3 is 14.6 Å². The maximum Gasteiger partial charge on any atom is 0.326 e. The molecular weight excluding hydrogens is 558 g/mol. The molecule has 8 nitrogen and oxygen atoms in total. The predicted octanol–water partition coefficient (Wildman–Crippen LogP) is 7.44. The summed E-state index contributed by atoms with van der Waals surface area (Å²) in [6.45, 7) is 12.0. The first-order valence-electron chi connectivity index (χ1n) is 14.6. The van der Waals surface area contributed by atoms with Crippen molar-refractivity contribution in [1.29, 1.82) is 0 Å². The van der Waals surface area contributed by atoms with Crippen LogP contribution in [0.1, 0.15) is 53.0 Å². The van der Waals surface area contributed by atoms with Gasteiger partial charge in [0.15, 0.2) is 5.92 Å². The van der Waals surface area contributed by atoms with Gasteiger partial charge in [0.25, 0.3) is 5.69 Å². The van der Waals surface area contributed by atoms with Crippen LogP contribution in [0.3, 0.4) is 0 Å². The van der Waals surface area contributed by atoms with Gasteiger partial charge in [-0.1, -0.05) is 102 Å². The van der Waals surface area contributed by atoms with Crippen molar-refractivity contribution < 1.29 is 29.1 Å². The third-order valence-corrected chi connectivity index (χ3v) is 7.76. The third-order valence-electron chi connectivity index (χ3n) is 7.76. The van der Waals surface area contributed by atoms with E-state index in [4.69, 9.17) is 9.47 Å². The lowest BCUT2D eigenvalue weighted by molar-refractivity contribution is -0.384. The lowest BCUT2D eigenvalue weighted by atomic mass is 9.65. The Bertz CT molecular complexity index is 1460. The quantitative estimate of drug-likeness (QED) is 0.0716. The van der Waals surface area contributed by atoms with Crippen LogP contribution >= 0.6 is 0 Å². The van der Waals surface area contributed by atoms with Gasteiger partial charge in [0.05, 0.1) is 11.0 Å². The Labute approximate surface area is 258 Å². The van der Waals surface area contributed by atoms with Crippen LogP contribution in [-0.4, -0.2) is 28.1 Å². The molecule has 1 atom stereocenters. The second-order valence-corrected chi connectivity index (χ2v) is 13.0. The third kappa shape index (κ3) is 7.50. The number of non-ortho nitro benzene ring substituents is 1. The van der Waals surface area contributed by atoms with Gasteiger partial charge in [-0.25, -0.2) is 0 Å². The summed E-state index contributed by atoms with van der Waals surface area (Å²) in [5.41, 5.74) is 0.965. The zero-order valence-electron chi connectivity index (χ0n) is 25.9. The van der Waals surface area contributed by atoms with Crippen molar-refractivity contribution in [2.45, 2.75) is 53.6 Å². The van der Waals surface area contributed by atoms with Gasteiger partial charge in [0.2, 0.25) is 0 Å². The van der Waals surface area contributed by atoms with Crippen molar-refractivity contribution in [3.63, 3.8) is 0 Å². The number of carbonyl (C=O) groups is 2. The molecule has 1 aliphatic carbocycles. The summed E-state index contributed by atoms with van der Waals surface area (Å²) < 4.78 is 11.5. The zero-order chi connectivity index (χ0) is 32.2. The van der Waals surface area contributed by atoms with E-state index in [1.807, 2.05) is 53.7 Å². The first-order chi connectivity index (χ1) is 20.7. The molecule has 0 radical (unpaired) electrons. The number of nitro benzene ring substituents is 1. The van der Waals surface area contributed by atoms with Crippen LogP contribution in [0, 0.1) is 32.8 Å². The fourth-order valence-electron chi connectivity index (χ4n) is 5.52. The number of hydrogen-bond donors (Lipinski definition) is 1. The Kier molecular flexibility index (Phi) is 9.54. The maximum absolute atomic E-state index is 14.1. The number of nitro groups is 1. The van der Waals surface area contributed by atoms with Gasteiger partial charge >= 0.3 is 11.9 Å². The molecule has 0 bridgehead atoms. The van der Waals surface area contributed by atoms with Crippen LogP contribution in [0.4, 0.5) is 5.69 Å². The van der Waals surface area contributed by atoms with Crippen molar-refractivity contribution in [3.05, 3.63) is 124 Å². The van der Waals surface area contributed by atoms with E-state index in [9.17, 15) is 24.8 Å². The standard InChI is InChI=1S/C36H39NO7/c1-35(2,3)28-21-24(22-29(32(28)38)36(4,5)6)30(23-17-19-25(20-18-23)37(41)42)31(33(39)43-26-13-9-7-10-14-26)34(40)44-27-15-11-8-12-16-27/h7-22,24,30-32,38H,1-6H3/t24?,30-,32?/m1/s1. The number of nitrogens with zero attached hydrogens (tertiary/aromatic N) is 1. The van der Waals surface area contributed by atoms with Crippen LogP contribution in [0.25, 0.3) is 0 Å². The molecule has 4 rings (SSSR count). The molecule has 1 N–H and O–H groups in total. The first kappa shape index (κ1) is 32.4. The van der Waals surface area contributed by atoms with E-state index in [2.05, 4.69) is 0 Å². The Hall–Kier alpha value is -4.56. The number of ether oxygens (including phenoxy) is 2. The number of esters is 2. The summed E-state index contributed by atoms with van der Waals surface area (Å²) in [6.07, 6.45) is 2.95. The largest absolute Gasteiger partial charge is 0.426 e. The SMILES string of the molecule is CC(C)(C)C1=CC([C@@H](c2ccc([N+](=O)[O-])cc2)C(C(=O)Oc2ccccc2)C(=O)Oc2ccccc2)C=C(C(C)(C)C)C1O. The number of rotatable bonds is 8. The van der Waals surface area contributed by atoms with Crippen molar-refractivity contribution in [1.82, 2.24) is 0 Å². The fourth-order valence-corrected chi connectivity index (χ4v) is 5.52. The molecule has 0 saturated heterocycles. The Morgan fingerprint density at radius 2 is 1.14 bits per heavy atom. The first-order valence-corrected chi connectivity index (χ1v) is 14.6. The minimum Gasteiger partial charge on any atom is -0.426 e. The molecule has 0 heterocycles. The lowest BCUT2D eigenvalue weighted by Crippen LogP contribution is -2.41. The van der Waals surface area contributed by atoms with Crippen molar-refractivity contribution in [3.8, 4) is 11.5 Å². The van der Waals surface area contributed by atoms with E-state index >= 15 is 0 Å². The van der Waals surface area contributed by atoms with E-state index in [0.717, 1.165) is 11.1 Å². The molecule has 0 aromatic heterocycles. The van der Waals surface area contributed by atoms with Gasteiger partial charge in [0.1, 0.15) is 11.5 Å². The molecule has 0 unspecified atom stereocenters. The highest BCUT2D eigenvalue weighted by molar-refractivity contribution is 5.98. The second kappa shape index (κ2) is 13.0. The topological polar surface area (TPSA) is 116 Å². The normalized spacial score (nSPS) is 17.7. The minimum absolute atomic E-state index is 0.126. The molecule has 44 heavy (non-hydrogen) atoms. The van der Waals surface area contributed by atoms with E-state index in [1.54, 1.807) is 72.8 Å². The number of aliphatic hydroxyl groups excluding tert-OH is 1. The molecule has 0 fully saturated rings. The smallest absolute Gasteiger partial charge is 0.326 e. The summed E-state index contributed by atoms with van der Waals surface area (Å²) in [5.74, 6) is -4.11. The highest BCUT2D eigenvalue weighted by Gasteiger charge is 2.45. The van der Waals surface area contributed by atoms with Crippen LogP contribution in [0.5, 0.6) is 11.5 Å². The summed E-state index contributed by atoms with van der Waals surface area (Å²) >= 11 is 0. The van der Waals surface area contributed by atoms with Crippen molar-refractivity contribution in [2.24, 2.45) is 22.7 Å². The summed E-state index contributed by atoms with van der Waals surface area (Å²) in [5, 5.41) is 23.0. The Balaban J connectivity index is 1.94. The van der Waals surface area contributed by atoms with E-state index < -0.39 is 51.5 Å². The number of hydrogen-bond acceptors (Lipinski definition) is 7. The van der Waals surface area contributed by atoms with Crippen LogP contribution in [-0.2, 0) is 9.59 Å². The molecule has 0 spiro atoms. The second-order valence-electron chi connectivity index (χ2n) is 13.0. The number of benzene rings is 3. The molecule has 0 amide bonds. The van der Waals surface area contributed by atoms with E-state index in [1.165, 1.54) is 12.1 Å². The van der Waals surface area contributed by atoms with Crippen LogP contribution in [0.2, 0.25) is 0 Å². The fraction of sp³-hybridized carbons (Fsp3) is 0.333. The monoisotopic (exact) mass is 597 g/mol. The van der Waals surface area contributed by atoms with E-state index in [0.29, 0.717) is 5.56 Å². The number of allylic oxidation sites excluding steroid dienone is 2. The minimum atomic E-state index is -1.48. The highest BCUT2D eigenvalue weighted by atomic mass is 16.6. The zero-order valence-corrected chi connectivity index (χ0v) is 25.9. The van der Waals surface area contributed by atoms with Crippen LogP contribution in [0.15, 0.2) is 108 Å². The van der Waals surface area contributed by atoms with Crippen LogP contribution < -0.4 is 9.47 Å². The predicted molar refractivity (Wildman–Crippen MR) is 168 cm³/mol. The summed E-state index contributed by atoms with van der Waals surface area (Å²) in [4.78, 5) is 39.1. The van der Waals surface area contributed by atoms with Gasteiger partial charge in [-0.05, 0) is 51.8 Å². The number of aliphatic hydroxyl groups is 1. The molecular formula is C36H39NO7. The average Bonchev–Trinajstić information content (AvgIpc) is 2.96. The van der Waals surface area contributed by atoms with Crippen molar-refractivity contribution in [2.75, 3.05) is 0 Å². The maximum atomic E-state index is 14.1. The lowest BCUT2D eigenvalue weighted by Gasteiger charge is -2.41.